The summed E-state index contributed by atoms with van der Waals surface area (Å²) >= 11 is 0. The summed E-state index contributed by atoms with van der Waals surface area (Å²) in [4.78, 5) is 11.7. The fraction of sp³-hybridized carbons (Fsp3) is 0.273. The number of aromatic amines is 1. The fourth-order valence-corrected chi connectivity index (χ4v) is 1.56. The summed E-state index contributed by atoms with van der Waals surface area (Å²) in [6, 6.07) is 5.28. The van der Waals surface area contributed by atoms with E-state index >= 15 is 0 Å². The molecule has 0 saturated heterocycles. The largest absolute Gasteiger partial charge is 0.493 e. The lowest BCUT2D eigenvalue weighted by Gasteiger charge is -2.09. The van der Waals surface area contributed by atoms with E-state index in [1.807, 2.05) is 0 Å². The van der Waals surface area contributed by atoms with E-state index in [9.17, 15) is 4.79 Å². The zero-order chi connectivity index (χ0) is 13.7. The number of tetrazole rings is 1. The minimum absolute atomic E-state index is 0.144. The van der Waals surface area contributed by atoms with Crippen molar-refractivity contribution in [2.24, 2.45) is 0 Å². The van der Waals surface area contributed by atoms with Gasteiger partial charge in [0.2, 0.25) is 5.91 Å². The van der Waals surface area contributed by atoms with Crippen LogP contribution in [0.2, 0.25) is 0 Å². The molecular weight excluding hydrogens is 250 g/mol. The molecule has 0 fully saturated rings. The van der Waals surface area contributed by atoms with E-state index in [1.165, 1.54) is 0 Å². The zero-order valence-electron chi connectivity index (χ0n) is 10.5. The predicted octanol–water partition coefficient (Wildman–Crippen LogP) is 0.398. The quantitative estimate of drug-likeness (QED) is 0.809. The molecule has 2 N–H and O–H groups in total. The second kappa shape index (κ2) is 5.80. The topological polar surface area (TPSA) is 102 Å². The Hall–Kier alpha value is -2.64. The number of methoxy groups -OCH3 is 2. The zero-order valence-corrected chi connectivity index (χ0v) is 10.5. The third kappa shape index (κ3) is 3.18. The van der Waals surface area contributed by atoms with Crippen molar-refractivity contribution in [1.29, 1.82) is 0 Å². The molecule has 1 aromatic carbocycles. The van der Waals surface area contributed by atoms with Crippen LogP contribution in [0, 0.1) is 0 Å². The third-order valence-corrected chi connectivity index (χ3v) is 2.41. The van der Waals surface area contributed by atoms with Gasteiger partial charge in [-0.1, -0.05) is 11.2 Å². The van der Waals surface area contributed by atoms with E-state index in [1.54, 1.807) is 32.4 Å². The van der Waals surface area contributed by atoms with Gasteiger partial charge in [0.15, 0.2) is 11.5 Å². The van der Waals surface area contributed by atoms with Crippen LogP contribution in [0.1, 0.15) is 5.56 Å². The van der Waals surface area contributed by atoms with Crippen LogP contribution in [-0.2, 0) is 11.2 Å². The minimum Gasteiger partial charge on any atom is -0.493 e. The van der Waals surface area contributed by atoms with Crippen molar-refractivity contribution in [1.82, 2.24) is 20.6 Å². The molecule has 0 saturated carbocycles. The molecule has 0 radical (unpaired) electrons. The molecule has 2 rings (SSSR count). The third-order valence-electron chi connectivity index (χ3n) is 2.41. The van der Waals surface area contributed by atoms with Crippen LogP contribution < -0.4 is 14.8 Å². The molecule has 0 aliphatic rings. The molecule has 1 aromatic heterocycles. The van der Waals surface area contributed by atoms with E-state index in [4.69, 9.17) is 9.47 Å². The van der Waals surface area contributed by atoms with Crippen molar-refractivity contribution in [2.45, 2.75) is 6.42 Å². The summed E-state index contributed by atoms with van der Waals surface area (Å²) < 4.78 is 10.3. The SMILES string of the molecule is COc1ccc(CC(=O)Nc2nn[nH]n2)cc1OC. The molecule has 100 valence electrons. The molecule has 19 heavy (non-hydrogen) atoms. The minimum atomic E-state index is -0.242. The van der Waals surface area contributed by atoms with Gasteiger partial charge in [-0.3, -0.25) is 10.1 Å². The van der Waals surface area contributed by atoms with Gasteiger partial charge in [-0.15, -0.1) is 5.10 Å². The van der Waals surface area contributed by atoms with Gasteiger partial charge in [0.1, 0.15) is 0 Å². The highest BCUT2D eigenvalue weighted by Crippen LogP contribution is 2.27. The number of amides is 1. The summed E-state index contributed by atoms with van der Waals surface area (Å²) in [5, 5.41) is 15.4. The van der Waals surface area contributed by atoms with Crippen molar-refractivity contribution < 1.29 is 14.3 Å². The Morgan fingerprint density at radius 1 is 1.32 bits per heavy atom. The van der Waals surface area contributed by atoms with Gasteiger partial charge in [-0.2, -0.15) is 5.21 Å². The molecule has 0 bridgehead atoms. The monoisotopic (exact) mass is 263 g/mol. The van der Waals surface area contributed by atoms with E-state index < -0.39 is 0 Å². The van der Waals surface area contributed by atoms with Crippen LogP contribution in [0.3, 0.4) is 0 Å². The molecule has 0 aliphatic carbocycles. The number of hydrogen-bond acceptors (Lipinski definition) is 6. The maximum absolute atomic E-state index is 11.7. The highest BCUT2D eigenvalue weighted by Gasteiger charge is 2.09. The molecule has 0 unspecified atom stereocenters. The Morgan fingerprint density at radius 3 is 2.74 bits per heavy atom. The molecular formula is C11H13N5O3. The smallest absolute Gasteiger partial charge is 0.269 e. The Kier molecular flexibility index (Phi) is 3.91. The summed E-state index contributed by atoms with van der Waals surface area (Å²) in [5.74, 6) is 1.09. The van der Waals surface area contributed by atoms with Gasteiger partial charge in [0.05, 0.1) is 20.6 Å². The number of nitrogens with zero attached hydrogens (tertiary/aromatic N) is 3. The van der Waals surface area contributed by atoms with Gasteiger partial charge < -0.3 is 9.47 Å². The maximum Gasteiger partial charge on any atom is 0.269 e. The van der Waals surface area contributed by atoms with Crippen molar-refractivity contribution in [2.75, 3.05) is 19.5 Å². The molecule has 0 aliphatic heterocycles. The Morgan fingerprint density at radius 2 is 2.11 bits per heavy atom. The number of ether oxygens (including phenoxy) is 2. The second-order valence-corrected chi connectivity index (χ2v) is 3.65. The first-order valence-corrected chi connectivity index (χ1v) is 5.47. The van der Waals surface area contributed by atoms with Crippen molar-refractivity contribution >= 4 is 11.9 Å². The van der Waals surface area contributed by atoms with Gasteiger partial charge in [-0.05, 0) is 22.9 Å². The predicted molar refractivity (Wildman–Crippen MR) is 66.1 cm³/mol. The second-order valence-electron chi connectivity index (χ2n) is 3.65. The first-order valence-electron chi connectivity index (χ1n) is 5.47. The molecule has 2 aromatic rings. The highest BCUT2D eigenvalue weighted by atomic mass is 16.5. The van der Waals surface area contributed by atoms with Crippen LogP contribution in [-0.4, -0.2) is 40.8 Å². The van der Waals surface area contributed by atoms with Crippen LogP contribution in [0.4, 0.5) is 5.95 Å². The molecule has 0 atom stereocenters. The first-order chi connectivity index (χ1) is 9.22. The van der Waals surface area contributed by atoms with Crippen molar-refractivity contribution in [3.8, 4) is 11.5 Å². The molecule has 0 spiro atoms. The van der Waals surface area contributed by atoms with Crippen LogP contribution in [0.25, 0.3) is 0 Å². The van der Waals surface area contributed by atoms with Crippen LogP contribution >= 0.6 is 0 Å². The standard InChI is InChI=1S/C11H13N5O3/c1-18-8-4-3-7(5-9(8)19-2)6-10(17)12-11-13-15-16-14-11/h3-5H,6H2,1-2H3,(H2,12,13,14,15,16,17). The molecule has 1 heterocycles. The summed E-state index contributed by atoms with van der Waals surface area (Å²) in [7, 11) is 3.10. The number of nitrogens with one attached hydrogen (secondary N) is 2. The Bertz CT molecular complexity index is 555. The van der Waals surface area contributed by atoms with Gasteiger partial charge in [0, 0.05) is 0 Å². The molecule has 8 heteroatoms. The van der Waals surface area contributed by atoms with E-state index in [2.05, 4.69) is 25.9 Å². The lowest BCUT2D eigenvalue weighted by molar-refractivity contribution is -0.115. The average Bonchev–Trinajstić information content (AvgIpc) is 2.91. The fourth-order valence-electron chi connectivity index (χ4n) is 1.56. The van der Waals surface area contributed by atoms with Crippen molar-refractivity contribution in [3.63, 3.8) is 0 Å². The van der Waals surface area contributed by atoms with E-state index in [0.29, 0.717) is 11.5 Å². The lowest BCUT2D eigenvalue weighted by atomic mass is 10.1. The number of benzene rings is 1. The number of hydrogen-bond donors (Lipinski definition) is 2. The average molecular weight is 263 g/mol. The first kappa shape index (κ1) is 12.8. The Labute approximate surface area is 109 Å². The summed E-state index contributed by atoms with van der Waals surface area (Å²) in [6.07, 6.45) is 0.175. The Balaban J connectivity index is 2.04. The van der Waals surface area contributed by atoms with Gasteiger partial charge in [-0.25, -0.2) is 0 Å². The maximum atomic E-state index is 11.7. The molecule has 8 nitrogen and oxygen atoms in total. The van der Waals surface area contributed by atoms with Gasteiger partial charge in [0.25, 0.3) is 5.95 Å². The lowest BCUT2D eigenvalue weighted by Crippen LogP contribution is -2.15. The number of aromatic nitrogens is 4. The number of anilines is 1. The number of rotatable bonds is 5. The summed E-state index contributed by atoms with van der Waals surface area (Å²) in [6.45, 7) is 0. The summed E-state index contributed by atoms with van der Waals surface area (Å²) in [5.41, 5.74) is 0.790. The van der Waals surface area contributed by atoms with Gasteiger partial charge >= 0.3 is 0 Å². The number of carbonyl (C=O) groups excluding carboxylic acids is 1. The van der Waals surface area contributed by atoms with Crippen LogP contribution in [0.15, 0.2) is 18.2 Å². The van der Waals surface area contributed by atoms with Crippen molar-refractivity contribution in [3.05, 3.63) is 23.8 Å². The van der Waals surface area contributed by atoms with E-state index in [-0.39, 0.29) is 18.3 Å². The number of carbonyl (C=O) groups is 1. The molecule has 1 amide bonds. The highest BCUT2D eigenvalue weighted by molar-refractivity contribution is 5.90. The normalized spacial score (nSPS) is 10.0. The van der Waals surface area contributed by atoms with Crippen LogP contribution in [0.5, 0.6) is 11.5 Å². The van der Waals surface area contributed by atoms with E-state index in [0.717, 1.165) is 5.56 Å². The number of H-pyrrole nitrogens is 1.